The Hall–Kier alpha value is -3.89. The molecule has 4 rings (SSSR count). The van der Waals surface area contributed by atoms with Crippen molar-refractivity contribution in [2.75, 3.05) is 0 Å². The number of hydrogen-bond donors (Lipinski definition) is 0. The van der Waals surface area contributed by atoms with Gasteiger partial charge in [0.1, 0.15) is 11.7 Å². The first-order valence-electron chi connectivity index (χ1n) is 7.77. The molecule has 0 amide bonds. The van der Waals surface area contributed by atoms with E-state index in [1.165, 1.54) is 0 Å². The van der Waals surface area contributed by atoms with Crippen molar-refractivity contribution in [1.82, 2.24) is 9.38 Å². The van der Waals surface area contributed by atoms with Crippen molar-refractivity contribution in [3.63, 3.8) is 0 Å². The Labute approximate surface area is 144 Å². The van der Waals surface area contributed by atoms with Crippen LogP contribution >= 0.6 is 0 Å². The average Bonchev–Trinajstić information content (AvgIpc) is 3.11. The summed E-state index contributed by atoms with van der Waals surface area (Å²) in [5.74, 6) is 0. The van der Waals surface area contributed by atoms with Crippen molar-refractivity contribution >= 4 is 5.65 Å². The second-order valence-corrected chi connectivity index (χ2v) is 5.69. The van der Waals surface area contributed by atoms with Crippen LogP contribution in [0.3, 0.4) is 0 Å². The number of hydrogen-bond acceptors (Lipinski definition) is 3. The number of fused-ring (bicyclic) bond motifs is 1. The van der Waals surface area contributed by atoms with E-state index < -0.39 is 0 Å². The predicted molar refractivity (Wildman–Crippen MR) is 95.5 cm³/mol. The number of benzene rings is 2. The van der Waals surface area contributed by atoms with E-state index in [0.29, 0.717) is 11.1 Å². The third kappa shape index (κ3) is 2.73. The summed E-state index contributed by atoms with van der Waals surface area (Å²) in [6.45, 7) is 0. The van der Waals surface area contributed by atoms with Crippen molar-refractivity contribution in [3.05, 3.63) is 84.2 Å². The molecule has 2 aromatic heterocycles. The summed E-state index contributed by atoms with van der Waals surface area (Å²) in [6, 6.07) is 23.5. The quantitative estimate of drug-likeness (QED) is 0.549. The van der Waals surface area contributed by atoms with Gasteiger partial charge in [-0.25, -0.2) is 4.98 Å². The number of nitriles is 2. The fraction of sp³-hybridized carbons (Fsp3) is 0. The monoisotopic (exact) mass is 320 g/mol. The molecular weight excluding hydrogens is 308 g/mol. The van der Waals surface area contributed by atoms with Crippen LogP contribution in [-0.2, 0) is 0 Å². The molecule has 4 heteroatoms. The second-order valence-electron chi connectivity index (χ2n) is 5.69. The lowest BCUT2D eigenvalue weighted by Gasteiger charge is -2.04. The average molecular weight is 320 g/mol. The maximum absolute atomic E-state index is 9.02. The molecule has 25 heavy (non-hydrogen) atoms. The summed E-state index contributed by atoms with van der Waals surface area (Å²) in [5, 5.41) is 17.9. The molecule has 0 aliphatic carbocycles. The minimum absolute atomic E-state index is 0.600. The van der Waals surface area contributed by atoms with Crippen LogP contribution in [0.1, 0.15) is 11.1 Å². The van der Waals surface area contributed by atoms with Crippen LogP contribution < -0.4 is 0 Å². The van der Waals surface area contributed by atoms with Gasteiger partial charge in [-0.05, 0) is 41.5 Å². The van der Waals surface area contributed by atoms with Crippen molar-refractivity contribution in [2.45, 2.75) is 0 Å². The Kier molecular flexibility index (Phi) is 3.50. The molecule has 0 aliphatic heterocycles. The smallest absolute Gasteiger partial charge is 0.137 e. The van der Waals surface area contributed by atoms with Gasteiger partial charge in [-0.2, -0.15) is 10.5 Å². The van der Waals surface area contributed by atoms with Gasteiger partial charge in [-0.3, -0.25) is 0 Å². The first-order valence-corrected chi connectivity index (χ1v) is 7.77. The second kappa shape index (κ2) is 5.96. The minimum atomic E-state index is 0.600. The molecule has 0 aliphatic rings. The van der Waals surface area contributed by atoms with Gasteiger partial charge in [0.2, 0.25) is 0 Å². The summed E-state index contributed by atoms with van der Waals surface area (Å²) < 4.78 is 1.86. The Morgan fingerprint density at radius 3 is 2.20 bits per heavy atom. The molecule has 0 unspecified atom stereocenters. The van der Waals surface area contributed by atoms with Crippen LogP contribution in [0.15, 0.2) is 73.1 Å². The maximum Gasteiger partial charge on any atom is 0.137 e. The number of pyridine rings is 1. The topological polar surface area (TPSA) is 64.9 Å². The molecule has 2 heterocycles. The van der Waals surface area contributed by atoms with E-state index in [4.69, 9.17) is 10.5 Å². The molecular formula is C21H12N4. The molecule has 4 aromatic rings. The van der Waals surface area contributed by atoms with Gasteiger partial charge in [0.05, 0.1) is 22.9 Å². The molecule has 0 saturated heterocycles. The normalized spacial score (nSPS) is 10.3. The first-order chi connectivity index (χ1) is 12.3. The van der Waals surface area contributed by atoms with E-state index in [-0.39, 0.29) is 0 Å². The van der Waals surface area contributed by atoms with E-state index in [1.54, 1.807) is 12.3 Å². The molecule has 0 atom stereocenters. The largest absolute Gasteiger partial charge is 0.305 e. The molecule has 4 nitrogen and oxygen atoms in total. The van der Waals surface area contributed by atoms with Gasteiger partial charge < -0.3 is 4.40 Å². The molecule has 0 fully saturated rings. The zero-order chi connectivity index (χ0) is 17.2. The van der Waals surface area contributed by atoms with Gasteiger partial charge in [0, 0.05) is 18.0 Å². The van der Waals surface area contributed by atoms with Gasteiger partial charge >= 0.3 is 0 Å². The number of rotatable bonds is 2. The molecule has 2 aromatic carbocycles. The lowest BCUT2D eigenvalue weighted by Crippen LogP contribution is -1.83. The Morgan fingerprint density at radius 1 is 0.720 bits per heavy atom. The number of nitrogens with zero attached hydrogens (tertiary/aromatic N) is 4. The third-order valence-electron chi connectivity index (χ3n) is 4.09. The standard InChI is InChI=1S/C21H12N4/c22-11-15-4-7-17(8-5-15)18-2-1-3-19(10-18)20-14-25-13-16(12-23)6-9-21(25)24-20/h1-10,13-14H. The highest BCUT2D eigenvalue weighted by molar-refractivity contribution is 5.72. The van der Waals surface area contributed by atoms with E-state index >= 15 is 0 Å². The summed E-state index contributed by atoms with van der Waals surface area (Å²) in [6.07, 6.45) is 3.70. The van der Waals surface area contributed by atoms with E-state index in [9.17, 15) is 0 Å². The van der Waals surface area contributed by atoms with Crippen LogP contribution in [0.5, 0.6) is 0 Å². The van der Waals surface area contributed by atoms with Gasteiger partial charge in [-0.15, -0.1) is 0 Å². The van der Waals surface area contributed by atoms with Crippen LogP contribution in [0.25, 0.3) is 28.0 Å². The van der Waals surface area contributed by atoms with E-state index in [0.717, 1.165) is 28.0 Å². The third-order valence-corrected chi connectivity index (χ3v) is 4.09. The lowest BCUT2D eigenvalue weighted by atomic mass is 10.0. The fourth-order valence-electron chi connectivity index (χ4n) is 2.79. The van der Waals surface area contributed by atoms with Crippen molar-refractivity contribution in [2.24, 2.45) is 0 Å². The van der Waals surface area contributed by atoms with Crippen molar-refractivity contribution < 1.29 is 0 Å². The number of imidazole rings is 1. The van der Waals surface area contributed by atoms with Crippen molar-refractivity contribution in [1.29, 1.82) is 10.5 Å². The van der Waals surface area contributed by atoms with E-state index in [2.05, 4.69) is 23.2 Å². The minimum Gasteiger partial charge on any atom is -0.305 e. The summed E-state index contributed by atoms with van der Waals surface area (Å²) >= 11 is 0. The number of aromatic nitrogens is 2. The summed E-state index contributed by atoms with van der Waals surface area (Å²) in [5.41, 5.74) is 6.02. The molecule has 0 saturated carbocycles. The van der Waals surface area contributed by atoms with Crippen LogP contribution in [-0.4, -0.2) is 9.38 Å². The van der Waals surface area contributed by atoms with Gasteiger partial charge in [0.25, 0.3) is 0 Å². The highest BCUT2D eigenvalue weighted by Gasteiger charge is 2.07. The summed E-state index contributed by atoms with van der Waals surface area (Å²) in [7, 11) is 0. The first kappa shape index (κ1) is 14.7. The molecule has 0 spiro atoms. The predicted octanol–water partition coefficient (Wildman–Crippen LogP) is 4.41. The highest BCUT2D eigenvalue weighted by Crippen LogP contribution is 2.26. The lowest BCUT2D eigenvalue weighted by molar-refractivity contribution is 1.17. The van der Waals surface area contributed by atoms with Gasteiger partial charge in [0.15, 0.2) is 0 Å². The Morgan fingerprint density at radius 2 is 1.44 bits per heavy atom. The fourth-order valence-corrected chi connectivity index (χ4v) is 2.79. The maximum atomic E-state index is 9.02. The van der Waals surface area contributed by atoms with Crippen molar-refractivity contribution in [3.8, 4) is 34.5 Å². The molecule has 0 bridgehead atoms. The Bertz CT molecular complexity index is 1160. The SMILES string of the molecule is N#Cc1ccc(-c2cccc(-c3cn4cc(C#N)ccc4n3)c2)cc1. The van der Waals surface area contributed by atoms with E-state index in [1.807, 2.05) is 59.1 Å². The molecule has 0 radical (unpaired) electrons. The Balaban J connectivity index is 1.76. The zero-order valence-corrected chi connectivity index (χ0v) is 13.2. The zero-order valence-electron chi connectivity index (χ0n) is 13.2. The van der Waals surface area contributed by atoms with Gasteiger partial charge in [-0.1, -0.05) is 30.3 Å². The molecule has 116 valence electrons. The highest BCUT2D eigenvalue weighted by atomic mass is 15.0. The molecule has 0 N–H and O–H groups in total. The van der Waals surface area contributed by atoms with Crippen LogP contribution in [0.2, 0.25) is 0 Å². The van der Waals surface area contributed by atoms with Crippen LogP contribution in [0, 0.1) is 22.7 Å². The summed E-state index contributed by atoms with van der Waals surface area (Å²) in [4.78, 5) is 4.63. The van der Waals surface area contributed by atoms with Crippen LogP contribution in [0.4, 0.5) is 0 Å².